The van der Waals surface area contributed by atoms with Crippen molar-refractivity contribution in [1.82, 2.24) is 15.1 Å². The number of nitrogens with one attached hydrogen (secondary N) is 1. The Balaban J connectivity index is 1.91. The van der Waals surface area contributed by atoms with Crippen LogP contribution in [0, 0.1) is 11.8 Å². The fourth-order valence-corrected chi connectivity index (χ4v) is 3.93. The maximum Gasteiger partial charge on any atom is 0.283 e. The Morgan fingerprint density at radius 3 is 3.05 bits per heavy atom. The molecular formula is C13H19BrN4O2. The summed E-state index contributed by atoms with van der Waals surface area (Å²) in [5.41, 5.74) is 0.685. The molecule has 110 valence electrons. The van der Waals surface area contributed by atoms with Gasteiger partial charge in [0.2, 0.25) is 0 Å². The largest absolute Gasteiger partial charge is 0.394 e. The zero-order valence-electron chi connectivity index (χ0n) is 11.4. The molecule has 0 radical (unpaired) electrons. The summed E-state index contributed by atoms with van der Waals surface area (Å²) in [5.74, 6) is 1.29. The van der Waals surface area contributed by atoms with Crippen molar-refractivity contribution in [3.63, 3.8) is 0 Å². The standard InChI is InChI=1S/C13H19BrN4O2/c1-8-10-5-15-4-9(10)7-17(8)11-6-16-18(2-3-19)13(20)12(11)14/h6,8-10,15,19H,2-5,7H2,1H3. The summed E-state index contributed by atoms with van der Waals surface area (Å²) in [7, 11) is 0. The number of aliphatic hydroxyl groups is 1. The lowest BCUT2D eigenvalue weighted by Crippen LogP contribution is -2.35. The molecule has 3 rings (SSSR count). The van der Waals surface area contributed by atoms with Crippen molar-refractivity contribution in [3.8, 4) is 0 Å². The highest BCUT2D eigenvalue weighted by atomic mass is 79.9. The molecular weight excluding hydrogens is 324 g/mol. The normalized spacial score (nSPS) is 28.9. The number of aliphatic hydroxyl groups excluding tert-OH is 1. The van der Waals surface area contributed by atoms with Crippen molar-refractivity contribution in [3.05, 3.63) is 21.0 Å². The van der Waals surface area contributed by atoms with E-state index in [0.29, 0.717) is 22.4 Å². The van der Waals surface area contributed by atoms with Gasteiger partial charge in [-0.1, -0.05) is 0 Å². The SMILES string of the molecule is CC1C2CNCC2CN1c1cnn(CCO)c(=O)c1Br. The first-order chi connectivity index (χ1) is 9.63. The molecule has 20 heavy (non-hydrogen) atoms. The Kier molecular flexibility index (Phi) is 3.83. The van der Waals surface area contributed by atoms with Crippen LogP contribution < -0.4 is 15.8 Å². The van der Waals surface area contributed by atoms with E-state index in [2.05, 4.69) is 38.2 Å². The zero-order valence-corrected chi connectivity index (χ0v) is 13.0. The first-order valence-corrected chi connectivity index (χ1v) is 7.76. The minimum atomic E-state index is -0.182. The molecule has 1 aromatic rings. The minimum absolute atomic E-state index is 0.0887. The van der Waals surface area contributed by atoms with E-state index in [-0.39, 0.29) is 18.7 Å². The number of aromatic nitrogens is 2. The van der Waals surface area contributed by atoms with E-state index in [1.807, 2.05) is 0 Å². The molecule has 2 aliphatic rings. The Hall–Kier alpha value is -0.920. The van der Waals surface area contributed by atoms with Gasteiger partial charge in [-0.2, -0.15) is 5.10 Å². The molecule has 2 fully saturated rings. The molecule has 0 saturated carbocycles. The summed E-state index contributed by atoms with van der Waals surface area (Å²) >= 11 is 3.41. The summed E-state index contributed by atoms with van der Waals surface area (Å²) in [4.78, 5) is 14.5. The summed E-state index contributed by atoms with van der Waals surface area (Å²) in [5, 5.41) is 16.5. The minimum Gasteiger partial charge on any atom is -0.394 e. The molecule has 3 unspecified atom stereocenters. The molecule has 3 atom stereocenters. The van der Waals surface area contributed by atoms with Crippen LogP contribution >= 0.6 is 15.9 Å². The molecule has 3 heterocycles. The van der Waals surface area contributed by atoms with Gasteiger partial charge in [0.25, 0.3) is 5.56 Å². The van der Waals surface area contributed by atoms with Crippen LogP contribution in [-0.4, -0.2) is 47.2 Å². The summed E-state index contributed by atoms with van der Waals surface area (Å²) in [6, 6.07) is 0.404. The monoisotopic (exact) mass is 342 g/mol. The molecule has 2 N–H and O–H groups in total. The number of hydrogen-bond donors (Lipinski definition) is 2. The Labute approximate surface area is 125 Å². The quantitative estimate of drug-likeness (QED) is 0.811. The van der Waals surface area contributed by atoms with E-state index < -0.39 is 0 Å². The van der Waals surface area contributed by atoms with E-state index in [1.165, 1.54) is 4.68 Å². The van der Waals surface area contributed by atoms with Gasteiger partial charge in [0.1, 0.15) is 4.47 Å². The molecule has 0 amide bonds. The highest BCUT2D eigenvalue weighted by Gasteiger charge is 2.42. The van der Waals surface area contributed by atoms with Gasteiger partial charge in [-0.05, 0) is 34.7 Å². The van der Waals surface area contributed by atoms with Gasteiger partial charge in [0, 0.05) is 25.7 Å². The maximum atomic E-state index is 12.2. The Bertz CT molecular complexity index is 562. The number of halogens is 1. The molecule has 1 aromatic heterocycles. The second-order valence-corrected chi connectivity index (χ2v) is 6.36. The molecule has 0 aliphatic carbocycles. The maximum absolute atomic E-state index is 12.2. The van der Waals surface area contributed by atoms with E-state index in [4.69, 9.17) is 5.11 Å². The predicted molar refractivity (Wildman–Crippen MR) is 79.9 cm³/mol. The van der Waals surface area contributed by atoms with Crippen LogP contribution in [0.15, 0.2) is 15.5 Å². The first kappa shape index (κ1) is 14.0. The number of fused-ring (bicyclic) bond motifs is 1. The third kappa shape index (κ3) is 2.17. The number of hydrogen-bond acceptors (Lipinski definition) is 5. The second kappa shape index (κ2) is 5.46. The molecule has 6 nitrogen and oxygen atoms in total. The fourth-order valence-electron chi connectivity index (χ4n) is 3.40. The second-order valence-electron chi connectivity index (χ2n) is 5.57. The topological polar surface area (TPSA) is 70.4 Å². The van der Waals surface area contributed by atoms with Crippen LogP contribution in [0.4, 0.5) is 5.69 Å². The lowest BCUT2D eigenvalue weighted by atomic mass is 9.95. The lowest BCUT2D eigenvalue weighted by Gasteiger charge is -2.27. The van der Waals surface area contributed by atoms with Crippen LogP contribution in [0.1, 0.15) is 6.92 Å². The van der Waals surface area contributed by atoms with Crippen LogP contribution in [0.5, 0.6) is 0 Å². The Morgan fingerprint density at radius 2 is 2.35 bits per heavy atom. The zero-order chi connectivity index (χ0) is 14.3. The summed E-state index contributed by atoms with van der Waals surface area (Å²) in [6.07, 6.45) is 1.73. The molecule has 0 aromatic carbocycles. The van der Waals surface area contributed by atoms with Crippen molar-refractivity contribution in [2.45, 2.75) is 19.5 Å². The van der Waals surface area contributed by atoms with Gasteiger partial charge in [-0.3, -0.25) is 4.79 Å². The predicted octanol–water partition coefficient (Wildman–Crippen LogP) is 0.0422. The third-order valence-electron chi connectivity index (χ3n) is 4.52. The molecule has 0 bridgehead atoms. The van der Waals surface area contributed by atoms with E-state index in [1.54, 1.807) is 6.20 Å². The van der Waals surface area contributed by atoms with Gasteiger partial charge in [0.05, 0.1) is 25.0 Å². The molecule has 7 heteroatoms. The third-order valence-corrected chi connectivity index (χ3v) is 5.27. The summed E-state index contributed by atoms with van der Waals surface area (Å²) in [6.45, 7) is 5.41. The number of anilines is 1. The van der Waals surface area contributed by atoms with Gasteiger partial charge in [0.15, 0.2) is 0 Å². The number of rotatable bonds is 3. The van der Waals surface area contributed by atoms with Crippen molar-refractivity contribution in [2.24, 2.45) is 11.8 Å². The lowest BCUT2D eigenvalue weighted by molar-refractivity contribution is 0.266. The summed E-state index contributed by atoms with van der Waals surface area (Å²) < 4.78 is 1.83. The van der Waals surface area contributed by atoms with Gasteiger partial charge in [-0.25, -0.2) is 4.68 Å². The molecule has 2 saturated heterocycles. The average molecular weight is 343 g/mol. The van der Waals surface area contributed by atoms with Crippen molar-refractivity contribution >= 4 is 21.6 Å². The van der Waals surface area contributed by atoms with Gasteiger partial charge in [-0.15, -0.1) is 0 Å². The average Bonchev–Trinajstić information content (AvgIpc) is 3.00. The highest BCUT2D eigenvalue weighted by molar-refractivity contribution is 9.10. The van der Waals surface area contributed by atoms with Crippen LogP contribution in [0.25, 0.3) is 0 Å². The van der Waals surface area contributed by atoms with Crippen LogP contribution in [0.2, 0.25) is 0 Å². The number of nitrogens with zero attached hydrogens (tertiary/aromatic N) is 3. The molecule has 2 aliphatic heterocycles. The Morgan fingerprint density at radius 1 is 1.55 bits per heavy atom. The van der Waals surface area contributed by atoms with E-state index in [0.717, 1.165) is 25.3 Å². The van der Waals surface area contributed by atoms with Crippen molar-refractivity contribution < 1.29 is 5.11 Å². The van der Waals surface area contributed by atoms with Crippen LogP contribution in [0.3, 0.4) is 0 Å². The first-order valence-electron chi connectivity index (χ1n) is 6.97. The van der Waals surface area contributed by atoms with Gasteiger partial charge >= 0.3 is 0 Å². The van der Waals surface area contributed by atoms with Crippen molar-refractivity contribution in [1.29, 1.82) is 0 Å². The van der Waals surface area contributed by atoms with Gasteiger partial charge < -0.3 is 15.3 Å². The highest BCUT2D eigenvalue weighted by Crippen LogP contribution is 2.37. The molecule has 0 spiro atoms. The van der Waals surface area contributed by atoms with Crippen molar-refractivity contribution in [2.75, 3.05) is 31.1 Å². The fraction of sp³-hybridized carbons (Fsp3) is 0.692. The smallest absolute Gasteiger partial charge is 0.283 e. The van der Waals surface area contributed by atoms with Crippen LogP contribution in [-0.2, 0) is 6.54 Å². The van der Waals surface area contributed by atoms with E-state index in [9.17, 15) is 4.79 Å². The van der Waals surface area contributed by atoms with E-state index >= 15 is 0 Å².